The Morgan fingerprint density at radius 3 is 2.03 bits per heavy atom. The van der Waals surface area contributed by atoms with E-state index in [1.54, 1.807) is 0 Å². The molecule has 2 rings (SSSR count). The van der Waals surface area contributed by atoms with Crippen LogP contribution in [0.5, 0.6) is 0 Å². The zero-order valence-electron chi connectivity index (χ0n) is 22.1. The van der Waals surface area contributed by atoms with Crippen molar-refractivity contribution in [3.63, 3.8) is 0 Å². The maximum atomic E-state index is 10.8. The molecule has 0 spiro atoms. The number of carboxylic acid groups (broad SMARTS) is 1. The van der Waals surface area contributed by atoms with Crippen LogP contribution in [0.4, 0.5) is 0 Å². The fourth-order valence-electron chi connectivity index (χ4n) is 3.96. The number of nitrogens with zero attached hydrogens (tertiary/aromatic N) is 3. The molecule has 1 saturated heterocycles. The minimum absolute atomic E-state index is 0.220. The van der Waals surface area contributed by atoms with E-state index in [2.05, 4.69) is 29.2 Å². The largest absolute Gasteiger partial charge is 0.481 e. The molecule has 6 N–H and O–H groups in total. The lowest BCUT2D eigenvalue weighted by molar-refractivity contribution is -0.137. The van der Waals surface area contributed by atoms with Gasteiger partial charge in [-0.3, -0.25) is 9.59 Å². The number of carboxylic acids is 1. The normalized spacial score (nSPS) is 21.2. The highest BCUT2D eigenvalue weighted by molar-refractivity contribution is 5.88. The van der Waals surface area contributed by atoms with Gasteiger partial charge in [0.2, 0.25) is 5.82 Å². The number of unbranched alkanes of at least 4 members (excludes halogenated alkanes) is 11. The number of rotatable bonds is 18. The number of amides is 1. The monoisotopic (exact) mass is 526 g/mol. The van der Waals surface area contributed by atoms with Gasteiger partial charge in [-0.25, -0.2) is 9.67 Å². The molecule has 1 aliphatic rings. The number of ether oxygens (including phenoxy) is 1. The molecule has 212 valence electrons. The third-order valence-electron chi connectivity index (χ3n) is 6.16. The van der Waals surface area contributed by atoms with E-state index in [1.165, 1.54) is 70.6 Å². The van der Waals surface area contributed by atoms with Crippen molar-refractivity contribution in [2.45, 2.75) is 121 Å². The van der Waals surface area contributed by atoms with E-state index in [0.29, 0.717) is 6.42 Å². The number of carbonyl (C=O) groups excluding carboxylic acids is 1. The Hall–Kier alpha value is -2.34. The number of aliphatic carboxylic acids is 1. The Morgan fingerprint density at radius 2 is 1.54 bits per heavy atom. The molecule has 1 aromatic heterocycles. The van der Waals surface area contributed by atoms with Gasteiger partial charge in [-0.15, -0.1) is 5.10 Å². The van der Waals surface area contributed by atoms with Crippen LogP contribution in [0.3, 0.4) is 0 Å². The molecule has 4 atom stereocenters. The second kappa shape index (κ2) is 19.7. The smallest absolute Gasteiger partial charge is 0.303 e. The van der Waals surface area contributed by atoms with Gasteiger partial charge in [-0.1, -0.05) is 70.4 Å². The molecule has 0 aliphatic carbocycles. The molecule has 11 heteroatoms. The summed E-state index contributed by atoms with van der Waals surface area (Å²) in [6.07, 6.45) is 18.0. The SMILES string of the molecule is CCCCCCCC/C=C/CCCCCCCC(=O)O.NC(=O)c1ncn([C@@H]2O[C@H](CO)[C@@H](O)[C@H]2O)n1. The fourth-order valence-corrected chi connectivity index (χ4v) is 3.96. The molecule has 37 heavy (non-hydrogen) atoms. The first kappa shape index (κ1) is 32.7. The van der Waals surface area contributed by atoms with Crippen LogP contribution in [0, 0.1) is 0 Å². The lowest BCUT2D eigenvalue weighted by atomic mass is 10.1. The first-order valence-corrected chi connectivity index (χ1v) is 13.5. The summed E-state index contributed by atoms with van der Waals surface area (Å²) in [4.78, 5) is 24.7. The van der Waals surface area contributed by atoms with Crippen LogP contribution in [0.2, 0.25) is 0 Å². The van der Waals surface area contributed by atoms with Crippen LogP contribution in [-0.4, -0.2) is 72.0 Å². The first-order chi connectivity index (χ1) is 17.8. The van der Waals surface area contributed by atoms with Crippen LogP contribution in [0.15, 0.2) is 18.5 Å². The molecule has 11 nitrogen and oxygen atoms in total. The molecular formula is C26H46N4O7. The first-order valence-electron chi connectivity index (χ1n) is 13.5. The van der Waals surface area contributed by atoms with Crippen molar-refractivity contribution >= 4 is 11.9 Å². The minimum Gasteiger partial charge on any atom is -0.481 e. The molecule has 0 radical (unpaired) electrons. The van der Waals surface area contributed by atoms with E-state index in [0.717, 1.165) is 23.9 Å². The van der Waals surface area contributed by atoms with Crippen LogP contribution >= 0.6 is 0 Å². The van der Waals surface area contributed by atoms with E-state index in [9.17, 15) is 19.8 Å². The Balaban J connectivity index is 0.000000373. The number of primary amides is 1. The zero-order chi connectivity index (χ0) is 27.5. The summed E-state index contributed by atoms with van der Waals surface area (Å²) in [5.74, 6) is -1.69. The topological polar surface area (TPSA) is 181 Å². The highest BCUT2D eigenvalue weighted by Crippen LogP contribution is 2.28. The van der Waals surface area contributed by atoms with Gasteiger partial charge >= 0.3 is 5.97 Å². The quantitative estimate of drug-likeness (QED) is 0.142. The Labute approximate surface area is 219 Å². The lowest BCUT2D eigenvalue weighted by Crippen LogP contribution is -2.33. The second-order valence-electron chi connectivity index (χ2n) is 9.37. The van der Waals surface area contributed by atoms with E-state index < -0.39 is 43.0 Å². The summed E-state index contributed by atoms with van der Waals surface area (Å²) >= 11 is 0. The van der Waals surface area contributed by atoms with Gasteiger partial charge in [-0.05, 0) is 32.1 Å². The van der Waals surface area contributed by atoms with Crippen molar-refractivity contribution < 1.29 is 34.8 Å². The van der Waals surface area contributed by atoms with E-state index in [1.807, 2.05) is 0 Å². The Morgan fingerprint density at radius 1 is 0.973 bits per heavy atom. The van der Waals surface area contributed by atoms with Gasteiger partial charge in [0.05, 0.1) is 6.61 Å². The number of allylic oxidation sites excluding steroid dienone is 2. The second-order valence-corrected chi connectivity index (χ2v) is 9.37. The van der Waals surface area contributed by atoms with Gasteiger partial charge < -0.3 is 30.9 Å². The predicted molar refractivity (Wildman–Crippen MR) is 139 cm³/mol. The number of aromatic nitrogens is 3. The minimum atomic E-state index is -1.27. The molecule has 1 fully saturated rings. The van der Waals surface area contributed by atoms with Crippen LogP contribution in [0.25, 0.3) is 0 Å². The average molecular weight is 527 g/mol. The molecular weight excluding hydrogens is 480 g/mol. The van der Waals surface area contributed by atoms with Crippen LogP contribution in [-0.2, 0) is 9.53 Å². The maximum Gasteiger partial charge on any atom is 0.303 e. The summed E-state index contributed by atoms with van der Waals surface area (Å²) in [6.45, 7) is 1.82. The zero-order valence-corrected chi connectivity index (χ0v) is 22.1. The molecule has 1 aliphatic heterocycles. The standard InChI is InChI=1S/C18H34O2.C8H12N4O5/c1-2-3-4-5-6-7-8-9-10-11-12-13-14-15-16-17-18(19)20;9-6(16)7-10-2-12(11-7)8-5(15)4(14)3(1-13)17-8/h9-10H,2-8,11-17H2,1H3,(H,19,20);2-5,8,13-15H,1H2,(H2,9,16)/b10-9+;/t;3-,4-,5-,8-/m.1/s1. The van der Waals surface area contributed by atoms with Crippen LogP contribution in [0.1, 0.15) is 114 Å². The lowest BCUT2D eigenvalue weighted by Gasteiger charge is -2.13. The van der Waals surface area contributed by atoms with Gasteiger partial charge in [0.1, 0.15) is 24.6 Å². The summed E-state index contributed by atoms with van der Waals surface area (Å²) in [5.41, 5.74) is 4.97. The van der Waals surface area contributed by atoms with Crippen molar-refractivity contribution in [2.24, 2.45) is 5.73 Å². The Bertz CT molecular complexity index is 787. The van der Waals surface area contributed by atoms with E-state index >= 15 is 0 Å². The molecule has 0 unspecified atom stereocenters. The highest BCUT2D eigenvalue weighted by Gasteiger charge is 2.44. The van der Waals surface area contributed by atoms with Gasteiger partial charge in [0, 0.05) is 6.42 Å². The summed E-state index contributed by atoms with van der Waals surface area (Å²) in [6, 6.07) is 0. The molecule has 1 aromatic rings. The van der Waals surface area contributed by atoms with Crippen molar-refractivity contribution in [3.8, 4) is 0 Å². The maximum absolute atomic E-state index is 10.8. The number of aliphatic hydroxyl groups excluding tert-OH is 3. The highest BCUT2D eigenvalue weighted by atomic mass is 16.6. The predicted octanol–water partition coefficient (Wildman–Crippen LogP) is 3.10. The summed E-state index contributed by atoms with van der Waals surface area (Å²) in [5, 5.41) is 40.3. The third kappa shape index (κ3) is 13.7. The average Bonchev–Trinajstić information content (AvgIpc) is 3.47. The number of nitrogens with two attached hydrogens (primary N) is 1. The molecule has 0 aromatic carbocycles. The van der Waals surface area contributed by atoms with Crippen LogP contribution < -0.4 is 5.73 Å². The third-order valence-corrected chi connectivity index (χ3v) is 6.16. The van der Waals surface area contributed by atoms with Gasteiger partial charge in [0.15, 0.2) is 6.23 Å². The summed E-state index contributed by atoms with van der Waals surface area (Å²) < 4.78 is 6.25. The summed E-state index contributed by atoms with van der Waals surface area (Å²) in [7, 11) is 0. The fraction of sp³-hybridized carbons (Fsp3) is 0.769. The van der Waals surface area contributed by atoms with Crippen molar-refractivity contribution in [3.05, 3.63) is 24.3 Å². The molecule has 2 heterocycles. The van der Waals surface area contributed by atoms with Crippen molar-refractivity contribution in [2.75, 3.05) is 6.61 Å². The van der Waals surface area contributed by atoms with Crippen molar-refractivity contribution in [1.29, 1.82) is 0 Å². The molecule has 0 saturated carbocycles. The van der Waals surface area contributed by atoms with E-state index in [4.69, 9.17) is 20.7 Å². The molecule has 0 bridgehead atoms. The number of carbonyl (C=O) groups is 2. The number of aliphatic hydroxyl groups is 3. The molecule has 1 amide bonds. The van der Waals surface area contributed by atoms with E-state index in [-0.39, 0.29) is 5.82 Å². The van der Waals surface area contributed by atoms with Crippen molar-refractivity contribution in [1.82, 2.24) is 14.8 Å². The number of hydrogen-bond acceptors (Lipinski definition) is 8. The van der Waals surface area contributed by atoms with Gasteiger partial charge in [-0.2, -0.15) is 0 Å². The Kier molecular flexibility index (Phi) is 17.4. The van der Waals surface area contributed by atoms with Gasteiger partial charge in [0.25, 0.3) is 5.91 Å². The number of hydrogen-bond donors (Lipinski definition) is 5.